The van der Waals surface area contributed by atoms with E-state index in [1.165, 1.54) is 19.3 Å². The number of carbonyl (C=O) groups is 1. The Labute approximate surface area is 196 Å². The smallest absolute Gasteiger partial charge is 0.276 e. The number of aromatic nitrogens is 3. The summed E-state index contributed by atoms with van der Waals surface area (Å²) in [6.07, 6.45) is 7.51. The molecule has 1 saturated heterocycles. The molecule has 1 fully saturated rings. The average Bonchev–Trinajstić information content (AvgIpc) is 3.33. The lowest BCUT2D eigenvalue weighted by atomic mass is 10.0. The lowest BCUT2D eigenvalue weighted by molar-refractivity contribution is 0.102. The predicted octanol–water partition coefficient (Wildman–Crippen LogP) is 4.64. The highest BCUT2D eigenvalue weighted by Gasteiger charge is 2.18. The van der Waals surface area contributed by atoms with Crippen LogP contribution in [0.1, 0.15) is 29.8 Å². The van der Waals surface area contributed by atoms with Crippen LogP contribution in [0.25, 0.3) is 22.0 Å². The highest BCUT2D eigenvalue weighted by molar-refractivity contribution is 6.11. The van der Waals surface area contributed by atoms with E-state index in [1.807, 2.05) is 30.6 Å². The molecule has 8 nitrogen and oxygen atoms in total. The Bertz CT molecular complexity index is 1360. The largest absolute Gasteiger partial charge is 0.486 e. The minimum absolute atomic E-state index is 0.291. The first kappa shape index (κ1) is 20.5. The van der Waals surface area contributed by atoms with Gasteiger partial charge in [-0.1, -0.05) is 6.07 Å². The van der Waals surface area contributed by atoms with Crippen LogP contribution in [0.5, 0.6) is 11.5 Å². The number of H-pyrrole nitrogens is 1. The number of pyridine rings is 1. The van der Waals surface area contributed by atoms with Crippen molar-refractivity contribution in [2.45, 2.75) is 19.3 Å². The van der Waals surface area contributed by atoms with Crippen molar-refractivity contribution in [3.63, 3.8) is 0 Å². The van der Waals surface area contributed by atoms with E-state index in [9.17, 15) is 4.79 Å². The topological polar surface area (TPSA) is 92.4 Å². The highest BCUT2D eigenvalue weighted by Crippen LogP contribution is 2.33. The zero-order valence-corrected chi connectivity index (χ0v) is 18.7. The number of hydrogen-bond donors (Lipinski definition) is 2. The second-order valence-electron chi connectivity index (χ2n) is 8.62. The molecule has 4 heterocycles. The van der Waals surface area contributed by atoms with Crippen LogP contribution in [0, 0.1) is 0 Å². The summed E-state index contributed by atoms with van der Waals surface area (Å²) in [6.45, 7) is 3.15. The van der Waals surface area contributed by atoms with Crippen molar-refractivity contribution < 1.29 is 14.3 Å². The first-order valence-electron chi connectivity index (χ1n) is 11.6. The van der Waals surface area contributed by atoms with Crippen LogP contribution >= 0.6 is 0 Å². The third-order valence-electron chi connectivity index (χ3n) is 6.36. The molecule has 1 amide bonds. The van der Waals surface area contributed by atoms with Gasteiger partial charge in [-0.3, -0.25) is 14.9 Å². The third kappa shape index (κ3) is 3.91. The number of carbonyl (C=O) groups excluding carboxylic acids is 1. The van der Waals surface area contributed by atoms with Crippen LogP contribution in [0.15, 0.2) is 54.9 Å². The van der Waals surface area contributed by atoms with Crippen LogP contribution in [-0.2, 0) is 0 Å². The average molecular weight is 456 g/mol. The maximum atomic E-state index is 13.1. The van der Waals surface area contributed by atoms with Gasteiger partial charge in [0, 0.05) is 42.0 Å². The third-order valence-corrected chi connectivity index (χ3v) is 6.36. The Morgan fingerprint density at radius 3 is 2.65 bits per heavy atom. The van der Waals surface area contributed by atoms with Crippen LogP contribution < -0.4 is 19.7 Å². The van der Waals surface area contributed by atoms with E-state index < -0.39 is 0 Å². The fraction of sp³-hybridized carbons (Fsp3) is 0.269. The summed E-state index contributed by atoms with van der Waals surface area (Å²) in [5, 5.41) is 10.9. The molecular formula is C26H25N5O3. The number of anilines is 2. The van der Waals surface area contributed by atoms with Crippen molar-refractivity contribution in [1.29, 1.82) is 0 Å². The maximum Gasteiger partial charge on any atom is 0.276 e. The van der Waals surface area contributed by atoms with E-state index in [-0.39, 0.29) is 5.91 Å². The first-order valence-corrected chi connectivity index (χ1v) is 11.6. The Hall–Kier alpha value is -4.07. The van der Waals surface area contributed by atoms with Gasteiger partial charge in [0.1, 0.15) is 13.2 Å². The van der Waals surface area contributed by atoms with Crippen LogP contribution in [-0.4, -0.2) is 47.4 Å². The van der Waals surface area contributed by atoms with Crippen molar-refractivity contribution in [1.82, 2.24) is 15.2 Å². The van der Waals surface area contributed by atoms with Gasteiger partial charge >= 0.3 is 0 Å². The summed E-state index contributed by atoms with van der Waals surface area (Å²) in [7, 11) is 0. The van der Waals surface area contributed by atoms with Gasteiger partial charge in [0.15, 0.2) is 17.2 Å². The SMILES string of the molecule is O=C(Nc1ccc2c(c1)OCCO2)c1n[nH]c2ccc(-c3cncc(N4CCCCC4)c3)cc12. The number of amides is 1. The minimum Gasteiger partial charge on any atom is -0.486 e. The molecule has 0 saturated carbocycles. The number of nitrogens with zero attached hydrogens (tertiary/aromatic N) is 3. The first-order chi connectivity index (χ1) is 16.7. The number of rotatable bonds is 4. The molecule has 0 radical (unpaired) electrons. The van der Waals surface area contributed by atoms with Crippen molar-refractivity contribution in [3.05, 3.63) is 60.6 Å². The highest BCUT2D eigenvalue weighted by atomic mass is 16.6. The Balaban J connectivity index is 1.28. The number of ether oxygens (including phenoxy) is 2. The lowest BCUT2D eigenvalue weighted by Crippen LogP contribution is -2.29. The van der Waals surface area contributed by atoms with Gasteiger partial charge in [0.2, 0.25) is 0 Å². The predicted molar refractivity (Wildman–Crippen MR) is 131 cm³/mol. The van der Waals surface area contributed by atoms with E-state index in [0.29, 0.717) is 36.1 Å². The van der Waals surface area contributed by atoms with E-state index in [1.54, 1.807) is 18.2 Å². The second kappa shape index (κ2) is 8.70. The second-order valence-corrected chi connectivity index (χ2v) is 8.62. The Kier molecular flexibility index (Phi) is 5.25. The fourth-order valence-electron chi connectivity index (χ4n) is 4.59. The van der Waals surface area contributed by atoms with E-state index in [4.69, 9.17) is 9.47 Å². The Morgan fingerprint density at radius 1 is 0.912 bits per heavy atom. The maximum absolute atomic E-state index is 13.1. The van der Waals surface area contributed by atoms with E-state index in [0.717, 1.165) is 40.8 Å². The minimum atomic E-state index is -0.291. The molecule has 2 aromatic heterocycles. The molecule has 0 aliphatic carbocycles. The molecule has 2 aliphatic heterocycles. The zero-order valence-electron chi connectivity index (χ0n) is 18.7. The molecule has 34 heavy (non-hydrogen) atoms. The number of fused-ring (bicyclic) bond motifs is 2. The van der Waals surface area contributed by atoms with Crippen molar-refractivity contribution >= 4 is 28.2 Å². The van der Waals surface area contributed by atoms with E-state index >= 15 is 0 Å². The summed E-state index contributed by atoms with van der Waals surface area (Å²) < 4.78 is 11.2. The van der Waals surface area contributed by atoms with Crippen molar-refractivity contribution in [2.24, 2.45) is 0 Å². The van der Waals surface area contributed by atoms with E-state index in [2.05, 4.69) is 31.5 Å². The molecule has 0 spiro atoms. The van der Waals surface area contributed by atoms with Gasteiger partial charge < -0.3 is 19.7 Å². The van der Waals surface area contributed by atoms with Crippen molar-refractivity contribution in [2.75, 3.05) is 36.5 Å². The molecule has 8 heteroatoms. The number of benzene rings is 2. The molecular weight excluding hydrogens is 430 g/mol. The summed E-state index contributed by atoms with van der Waals surface area (Å²) in [5.41, 5.74) is 4.92. The molecule has 6 rings (SSSR count). The molecule has 4 aromatic rings. The monoisotopic (exact) mass is 455 g/mol. The summed E-state index contributed by atoms with van der Waals surface area (Å²) in [4.78, 5) is 20.0. The fourth-order valence-corrected chi connectivity index (χ4v) is 4.59. The molecule has 0 unspecified atom stereocenters. The number of nitrogens with one attached hydrogen (secondary N) is 2. The molecule has 2 aliphatic rings. The molecule has 0 atom stereocenters. The normalized spacial score (nSPS) is 15.4. The zero-order chi connectivity index (χ0) is 22.9. The van der Waals surface area contributed by atoms with Crippen LogP contribution in [0.2, 0.25) is 0 Å². The molecule has 2 N–H and O–H groups in total. The molecule has 0 bridgehead atoms. The van der Waals surface area contributed by atoms with Gasteiger partial charge in [-0.2, -0.15) is 5.10 Å². The number of aromatic amines is 1. The van der Waals surface area contributed by atoms with Gasteiger partial charge in [0.25, 0.3) is 5.91 Å². The van der Waals surface area contributed by atoms with Gasteiger partial charge in [0.05, 0.1) is 17.4 Å². The molecule has 172 valence electrons. The van der Waals surface area contributed by atoms with Gasteiger partial charge in [-0.15, -0.1) is 0 Å². The van der Waals surface area contributed by atoms with Gasteiger partial charge in [-0.25, -0.2) is 0 Å². The van der Waals surface area contributed by atoms with Gasteiger partial charge in [-0.05, 0) is 55.2 Å². The quantitative estimate of drug-likeness (QED) is 0.466. The number of hydrogen-bond acceptors (Lipinski definition) is 6. The summed E-state index contributed by atoms with van der Waals surface area (Å²) in [5.74, 6) is 1.01. The number of piperidine rings is 1. The molecule has 2 aromatic carbocycles. The van der Waals surface area contributed by atoms with Crippen LogP contribution in [0.3, 0.4) is 0 Å². The standard InChI is InChI=1S/C26H25N5O3/c32-26(28-19-5-7-23-24(14-19)34-11-10-33-23)25-21-13-17(4-6-22(21)29-30-25)18-12-20(16-27-15-18)31-8-2-1-3-9-31/h4-7,12-16H,1-3,8-11H2,(H,28,32)(H,29,30). The summed E-state index contributed by atoms with van der Waals surface area (Å²) >= 11 is 0. The summed E-state index contributed by atoms with van der Waals surface area (Å²) in [6, 6.07) is 13.5. The lowest BCUT2D eigenvalue weighted by Gasteiger charge is -2.28. The van der Waals surface area contributed by atoms with Crippen molar-refractivity contribution in [3.8, 4) is 22.6 Å². The Morgan fingerprint density at radius 2 is 1.76 bits per heavy atom. The van der Waals surface area contributed by atoms with Crippen LogP contribution in [0.4, 0.5) is 11.4 Å².